The van der Waals surface area contributed by atoms with Crippen LogP contribution in [0, 0.1) is 0 Å². The van der Waals surface area contributed by atoms with Crippen molar-refractivity contribution in [3.8, 4) is 11.5 Å². The monoisotopic (exact) mass is 449 g/mol. The van der Waals surface area contributed by atoms with Crippen LogP contribution in [-0.2, 0) is 22.8 Å². The molecule has 8 heteroatoms. The summed E-state index contributed by atoms with van der Waals surface area (Å²) in [7, 11) is -3.00. The standard InChI is InChI=1S/C22H23NO5S.ClH/c1-2-14-3-5-15(6-4-14)11-20-21(25)17-7-8-19(24)18(22(17)28-20)12-23-16-9-10-29(26,27)13-16;/h3-8,11,16,23-24H,2,9-10,12-13H2,1H3;1H/b20-11-;. The summed E-state index contributed by atoms with van der Waals surface area (Å²) in [6, 6.07) is 10.8. The van der Waals surface area contributed by atoms with Crippen molar-refractivity contribution in [2.45, 2.75) is 32.4 Å². The number of aromatic hydroxyl groups is 1. The van der Waals surface area contributed by atoms with Gasteiger partial charge in [0.05, 0.1) is 22.6 Å². The van der Waals surface area contributed by atoms with E-state index in [1.807, 2.05) is 24.3 Å². The molecule has 6 nitrogen and oxygen atoms in total. The van der Waals surface area contributed by atoms with Gasteiger partial charge >= 0.3 is 0 Å². The number of ketones is 1. The Hall–Kier alpha value is -2.35. The van der Waals surface area contributed by atoms with Crippen molar-refractivity contribution >= 4 is 34.1 Å². The van der Waals surface area contributed by atoms with Gasteiger partial charge in [-0.2, -0.15) is 0 Å². The van der Waals surface area contributed by atoms with Crippen LogP contribution in [0.2, 0.25) is 0 Å². The highest BCUT2D eigenvalue weighted by molar-refractivity contribution is 7.91. The van der Waals surface area contributed by atoms with Gasteiger partial charge in [0, 0.05) is 12.6 Å². The zero-order valence-corrected chi connectivity index (χ0v) is 18.2. The normalized spacial score (nSPS) is 20.6. The van der Waals surface area contributed by atoms with Crippen molar-refractivity contribution in [3.63, 3.8) is 0 Å². The lowest BCUT2D eigenvalue weighted by Crippen LogP contribution is -2.29. The Morgan fingerprint density at radius 3 is 2.57 bits per heavy atom. The predicted octanol–water partition coefficient (Wildman–Crippen LogP) is 3.27. The number of fused-ring (bicyclic) bond motifs is 1. The average molecular weight is 450 g/mol. The van der Waals surface area contributed by atoms with Crippen molar-refractivity contribution in [3.05, 3.63) is 64.4 Å². The number of carbonyl (C=O) groups excluding carboxylic acids is 1. The van der Waals surface area contributed by atoms with E-state index in [4.69, 9.17) is 4.74 Å². The molecule has 0 aliphatic carbocycles. The number of nitrogens with one attached hydrogen (secondary N) is 1. The lowest BCUT2D eigenvalue weighted by atomic mass is 10.0. The third-order valence-corrected chi connectivity index (χ3v) is 7.17. The van der Waals surface area contributed by atoms with Crippen LogP contribution >= 0.6 is 12.4 Å². The summed E-state index contributed by atoms with van der Waals surface area (Å²) in [5, 5.41) is 13.5. The number of hydrogen-bond acceptors (Lipinski definition) is 6. The number of phenols is 1. The molecule has 160 valence electrons. The second-order valence-corrected chi connectivity index (χ2v) is 9.68. The quantitative estimate of drug-likeness (QED) is 0.680. The molecule has 4 rings (SSSR count). The smallest absolute Gasteiger partial charge is 0.231 e. The molecule has 2 aliphatic rings. The number of hydrogen-bond donors (Lipinski definition) is 2. The summed E-state index contributed by atoms with van der Waals surface area (Å²) >= 11 is 0. The van der Waals surface area contributed by atoms with Crippen molar-refractivity contribution in [2.75, 3.05) is 11.5 Å². The van der Waals surface area contributed by atoms with Crippen LogP contribution in [0.25, 0.3) is 6.08 Å². The van der Waals surface area contributed by atoms with Gasteiger partial charge in [0.1, 0.15) is 11.5 Å². The summed E-state index contributed by atoms with van der Waals surface area (Å²) in [5.41, 5.74) is 2.93. The van der Waals surface area contributed by atoms with Gasteiger partial charge in [0.15, 0.2) is 15.6 Å². The highest BCUT2D eigenvalue weighted by Crippen LogP contribution is 2.39. The number of benzene rings is 2. The SMILES string of the molecule is CCc1ccc(/C=C2\Oc3c(ccc(O)c3CNC3CCS(=O)(=O)C3)C2=O)cc1.Cl. The molecule has 2 heterocycles. The van der Waals surface area contributed by atoms with E-state index in [0.29, 0.717) is 23.3 Å². The van der Waals surface area contributed by atoms with Crippen molar-refractivity contribution in [1.29, 1.82) is 0 Å². The van der Waals surface area contributed by atoms with Gasteiger partial charge in [-0.25, -0.2) is 8.42 Å². The minimum absolute atomic E-state index is 0. The number of rotatable bonds is 5. The van der Waals surface area contributed by atoms with Gasteiger partial charge in [0.25, 0.3) is 0 Å². The van der Waals surface area contributed by atoms with E-state index < -0.39 is 9.84 Å². The maximum Gasteiger partial charge on any atom is 0.231 e. The number of carbonyl (C=O) groups is 1. The minimum atomic E-state index is -3.00. The van der Waals surface area contributed by atoms with Crippen LogP contribution in [0.4, 0.5) is 0 Å². The molecule has 0 bridgehead atoms. The molecule has 0 aromatic heterocycles. The van der Waals surface area contributed by atoms with Gasteiger partial charge in [-0.05, 0) is 42.2 Å². The molecule has 0 saturated carbocycles. The third kappa shape index (κ3) is 4.53. The van der Waals surface area contributed by atoms with E-state index in [1.54, 1.807) is 12.1 Å². The Balaban J connectivity index is 0.00000256. The molecule has 1 unspecified atom stereocenters. The van der Waals surface area contributed by atoms with Crippen molar-refractivity contribution in [2.24, 2.45) is 0 Å². The Labute approximate surface area is 182 Å². The molecule has 0 spiro atoms. The molecule has 1 saturated heterocycles. The van der Waals surface area contributed by atoms with E-state index in [1.165, 1.54) is 11.6 Å². The zero-order chi connectivity index (χ0) is 20.6. The van der Waals surface area contributed by atoms with E-state index in [-0.39, 0.29) is 53.8 Å². The summed E-state index contributed by atoms with van der Waals surface area (Å²) in [5.74, 6) is 0.575. The fraction of sp³-hybridized carbons (Fsp3) is 0.318. The minimum Gasteiger partial charge on any atom is -0.507 e. The number of phenolic OH excluding ortho intramolecular Hbond substituents is 1. The Morgan fingerprint density at radius 1 is 1.20 bits per heavy atom. The molecular formula is C22H24ClNO5S. The number of sulfone groups is 1. The zero-order valence-electron chi connectivity index (χ0n) is 16.6. The van der Waals surface area contributed by atoms with Crippen molar-refractivity contribution in [1.82, 2.24) is 5.32 Å². The first-order valence-corrected chi connectivity index (χ1v) is 11.5. The summed E-state index contributed by atoms with van der Waals surface area (Å²) in [6.07, 6.45) is 3.17. The second-order valence-electron chi connectivity index (χ2n) is 7.46. The first kappa shape index (κ1) is 22.3. The van der Waals surface area contributed by atoms with Gasteiger partial charge in [-0.3, -0.25) is 4.79 Å². The fourth-order valence-corrected chi connectivity index (χ4v) is 5.38. The topological polar surface area (TPSA) is 92.7 Å². The number of Topliss-reactive ketones (excluding diaryl/α,β-unsaturated/α-hetero) is 1. The van der Waals surface area contributed by atoms with Crippen LogP contribution in [0.1, 0.15) is 40.4 Å². The first-order valence-electron chi connectivity index (χ1n) is 9.68. The predicted molar refractivity (Wildman–Crippen MR) is 118 cm³/mol. The van der Waals surface area contributed by atoms with Crippen LogP contribution < -0.4 is 10.1 Å². The molecule has 2 aromatic carbocycles. The molecule has 1 atom stereocenters. The van der Waals surface area contributed by atoms with Gasteiger partial charge in [0.2, 0.25) is 5.78 Å². The first-order chi connectivity index (χ1) is 13.9. The Bertz CT molecular complexity index is 1090. The molecule has 0 radical (unpaired) electrons. The van der Waals surface area contributed by atoms with Gasteiger partial charge < -0.3 is 15.2 Å². The van der Waals surface area contributed by atoms with E-state index >= 15 is 0 Å². The molecule has 2 aromatic rings. The van der Waals surface area contributed by atoms with Crippen LogP contribution in [0.15, 0.2) is 42.2 Å². The molecule has 0 amide bonds. The highest BCUT2D eigenvalue weighted by atomic mass is 35.5. The molecular weight excluding hydrogens is 426 g/mol. The number of halogens is 1. The second kappa shape index (κ2) is 8.79. The summed E-state index contributed by atoms with van der Waals surface area (Å²) in [4.78, 5) is 12.8. The maximum atomic E-state index is 12.8. The van der Waals surface area contributed by atoms with E-state index in [2.05, 4.69) is 12.2 Å². The fourth-order valence-electron chi connectivity index (χ4n) is 3.67. The van der Waals surface area contributed by atoms with Crippen LogP contribution in [0.3, 0.4) is 0 Å². The molecule has 30 heavy (non-hydrogen) atoms. The molecule has 2 aliphatic heterocycles. The summed E-state index contributed by atoms with van der Waals surface area (Å²) < 4.78 is 29.1. The van der Waals surface area contributed by atoms with Crippen LogP contribution in [0.5, 0.6) is 11.5 Å². The van der Waals surface area contributed by atoms with E-state index in [9.17, 15) is 18.3 Å². The van der Waals surface area contributed by atoms with Crippen molar-refractivity contribution < 1.29 is 23.1 Å². The third-order valence-electron chi connectivity index (χ3n) is 5.40. The van der Waals surface area contributed by atoms with Gasteiger partial charge in [-0.15, -0.1) is 12.4 Å². The maximum absolute atomic E-state index is 12.8. The highest BCUT2D eigenvalue weighted by Gasteiger charge is 2.32. The van der Waals surface area contributed by atoms with Crippen LogP contribution in [-0.4, -0.2) is 36.9 Å². The Morgan fingerprint density at radius 2 is 1.93 bits per heavy atom. The Kier molecular flexibility index (Phi) is 6.55. The number of allylic oxidation sites excluding steroid dienone is 1. The lowest BCUT2D eigenvalue weighted by Gasteiger charge is -2.14. The summed E-state index contributed by atoms with van der Waals surface area (Å²) in [6.45, 7) is 2.30. The average Bonchev–Trinajstić information content (AvgIpc) is 3.20. The largest absolute Gasteiger partial charge is 0.507 e. The number of aryl methyl sites for hydroxylation is 1. The molecule has 2 N–H and O–H groups in total. The van der Waals surface area contributed by atoms with E-state index in [0.717, 1.165) is 12.0 Å². The number of ether oxygens (including phenoxy) is 1. The lowest BCUT2D eigenvalue weighted by molar-refractivity contribution is 0.101. The molecule has 1 fully saturated rings. The van der Waals surface area contributed by atoms with Gasteiger partial charge in [-0.1, -0.05) is 31.2 Å².